The van der Waals surface area contributed by atoms with E-state index in [-0.39, 0.29) is 12.4 Å². The molecule has 0 saturated carbocycles. The average Bonchev–Trinajstić information content (AvgIpc) is 1.93. The van der Waals surface area contributed by atoms with Crippen LogP contribution in [-0.2, 0) is 20.4 Å². The van der Waals surface area contributed by atoms with E-state index in [1.165, 1.54) is 6.42 Å². The van der Waals surface area contributed by atoms with Gasteiger partial charge in [-0.05, 0) is 0 Å². The molecule has 0 bridgehead atoms. The first-order valence-electron chi connectivity index (χ1n) is 4.21. The SMILES string of the molecule is CC1=[C]([Ti])CC(C)(C)C1(C)C.Cl. The van der Waals surface area contributed by atoms with Gasteiger partial charge in [-0.2, -0.15) is 0 Å². The van der Waals surface area contributed by atoms with E-state index in [9.17, 15) is 0 Å². The quantitative estimate of drug-likeness (QED) is 0.548. The van der Waals surface area contributed by atoms with E-state index in [0.717, 1.165) is 0 Å². The minimum Gasteiger partial charge on any atom is -0.147 e. The van der Waals surface area contributed by atoms with Crippen molar-refractivity contribution in [2.45, 2.75) is 41.0 Å². The van der Waals surface area contributed by atoms with Gasteiger partial charge >= 0.3 is 81.8 Å². The Hall–Kier alpha value is 0.744. The van der Waals surface area contributed by atoms with Crippen molar-refractivity contribution in [3.63, 3.8) is 0 Å². The van der Waals surface area contributed by atoms with E-state index in [4.69, 9.17) is 0 Å². The van der Waals surface area contributed by atoms with Gasteiger partial charge in [0.15, 0.2) is 0 Å². The molecule has 0 saturated heterocycles. The molecule has 0 atom stereocenters. The normalized spacial score (nSPS) is 25.3. The molecule has 0 heterocycles. The molecule has 2 heteroatoms. The fourth-order valence-corrected chi connectivity index (χ4v) is 2.86. The Bertz CT molecular complexity index is 214. The van der Waals surface area contributed by atoms with Crippen LogP contribution in [0.15, 0.2) is 9.45 Å². The Labute approximate surface area is 94.0 Å². The van der Waals surface area contributed by atoms with Crippen molar-refractivity contribution in [3.05, 3.63) is 9.45 Å². The van der Waals surface area contributed by atoms with Crippen LogP contribution in [0, 0.1) is 10.8 Å². The van der Waals surface area contributed by atoms with Crippen LogP contribution in [0.2, 0.25) is 0 Å². The monoisotopic (exact) mass is 221 g/mol. The van der Waals surface area contributed by atoms with Crippen LogP contribution in [-0.4, -0.2) is 0 Å². The van der Waals surface area contributed by atoms with Crippen molar-refractivity contribution in [2.24, 2.45) is 10.8 Å². The summed E-state index contributed by atoms with van der Waals surface area (Å²) >= 11 is 2.27. The second-order valence-corrected chi connectivity index (χ2v) is 5.73. The van der Waals surface area contributed by atoms with Gasteiger partial charge in [0.25, 0.3) is 0 Å². The second kappa shape index (κ2) is 3.48. The van der Waals surface area contributed by atoms with Crippen LogP contribution in [0.4, 0.5) is 0 Å². The molecule has 1 rings (SSSR count). The van der Waals surface area contributed by atoms with Gasteiger partial charge in [-0.1, -0.05) is 0 Å². The third kappa shape index (κ3) is 1.67. The number of rotatable bonds is 0. The van der Waals surface area contributed by atoms with E-state index in [0.29, 0.717) is 10.8 Å². The third-order valence-corrected chi connectivity index (χ3v) is 4.56. The van der Waals surface area contributed by atoms with E-state index in [2.05, 4.69) is 55.1 Å². The standard InChI is InChI=1S/C10H17.ClH.Ti/c1-8-6-7-9(2,3)10(8,4)5;;/h7H2,1-5H3;1H;. The maximum absolute atomic E-state index is 2.37. The first-order valence-corrected chi connectivity index (χ1v) is 4.99. The molecule has 0 nitrogen and oxygen atoms in total. The molecular formula is C10H18ClTi. The summed E-state index contributed by atoms with van der Waals surface area (Å²) in [4.78, 5) is 0. The Morgan fingerprint density at radius 2 is 1.58 bits per heavy atom. The molecule has 0 spiro atoms. The molecule has 0 N–H and O–H groups in total. The van der Waals surface area contributed by atoms with Gasteiger partial charge in [0.05, 0.1) is 0 Å². The van der Waals surface area contributed by atoms with Crippen molar-refractivity contribution < 1.29 is 20.4 Å². The Morgan fingerprint density at radius 1 is 1.17 bits per heavy atom. The van der Waals surface area contributed by atoms with Crippen molar-refractivity contribution in [1.29, 1.82) is 0 Å². The second-order valence-electron chi connectivity index (χ2n) is 4.79. The summed E-state index contributed by atoms with van der Waals surface area (Å²) in [6.45, 7) is 11.7. The largest absolute Gasteiger partial charge is 0.147 e. The van der Waals surface area contributed by atoms with Crippen molar-refractivity contribution in [3.8, 4) is 0 Å². The van der Waals surface area contributed by atoms with Gasteiger partial charge in [0.2, 0.25) is 0 Å². The van der Waals surface area contributed by atoms with E-state index < -0.39 is 0 Å². The van der Waals surface area contributed by atoms with Gasteiger partial charge < -0.3 is 0 Å². The van der Waals surface area contributed by atoms with Crippen LogP contribution in [0.25, 0.3) is 0 Å². The van der Waals surface area contributed by atoms with Gasteiger partial charge in [-0.15, -0.1) is 12.4 Å². The Morgan fingerprint density at radius 3 is 1.67 bits per heavy atom. The minimum atomic E-state index is 0. The van der Waals surface area contributed by atoms with Crippen molar-refractivity contribution in [2.75, 3.05) is 0 Å². The molecule has 0 aliphatic heterocycles. The van der Waals surface area contributed by atoms with Crippen LogP contribution in [0.1, 0.15) is 41.0 Å². The van der Waals surface area contributed by atoms with Crippen LogP contribution in [0.5, 0.6) is 0 Å². The molecule has 69 valence electrons. The number of hydrogen-bond acceptors (Lipinski definition) is 0. The van der Waals surface area contributed by atoms with Gasteiger partial charge in [0, 0.05) is 0 Å². The topological polar surface area (TPSA) is 0 Å². The molecule has 1 aliphatic carbocycles. The molecule has 0 radical (unpaired) electrons. The fourth-order valence-electron chi connectivity index (χ4n) is 1.68. The summed E-state index contributed by atoms with van der Waals surface area (Å²) in [5.74, 6) is 0. The number of allylic oxidation sites excluding steroid dienone is 2. The average molecular weight is 222 g/mol. The molecule has 0 aromatic carbocycles. The maximum Gasteiger partial charge on any atom is -0.147 e. The van der Waals surface area contributed by atoms with Gasteiger partial charge in [0.1, 0.15) is 0 Å². The first-order chi connectivity index (χ1) is 4.79. The Kier molecular flexibility index (Phi) is 3.69. The maximum atomic E-state index is 2.37. The van der Waals surface area contributed by atoms with Crippen LogP contribution >= 0.6 is 12.4 Å². The number of halogens is 1. The third-order valence-electron chi connectivity index (χ3n) is 3.70. The van der Waals surface area contributed by atoms with E-state index >= 15 is 0 Å². The fraction of sp³-hybridized carbons (Fsp3) is 0.800. The van der Waals surface area contributed by atoms with Gasteiger partial charge in [-0.3, -0.25) is 0 Å². The summed E-state index contributed by atoms with van der Waals surface area (Å²) in [5.41, 5.74) is 2.46. The van der Waals surface area contributed by atoms with Crippen molar-refractivity contribution in [1.82, 2.24) is 0 Å². The van der Waals surface area contributed by atoms with E-state index in [1.807, 2.05) is 0 Å². The summed E-state index contributed by atoms with van der Waals surface area (Å²) < 4.78 is 1.60. The van der Waals surface area contributed by atoms with Crippen LogP contribution < -0.4 is 0 Å². The molecule has 0 amide bonds. The summed E-state index contributed by atoms with van der Waals surface area (Å²) in [7, 11) is 0. The summed E-state index contributed by atoms with van der Waals surface area (Å²) in [6.07, 6.45) is 1.27. The molecule has 0 aromatic rings. The predicted molar refractivity (Wildman–Crippen MR) is 52.1 cm³/mol. The molecule has 0 unspecified atom stereocenters. The number of hydrogen-bond donors (Lipinski definition) is 0. The zero-order valence-corrected chi connectivity index (χ0v) is 11.0. The molecule has 1 aliphatic rings. The first kappa shape index (κ1) is 12.7. The Balaban J connectivity index is 0.00000121. The zero-order chi connectivity index (χ0) is 8.86. The van der Waals surface area contributed by atoms with Gasteiger partial charge in [-0.25, -0.2) is 0 Å². The predicted octanol–water partition coefficient (Wildman–Crippen LogP) is 3.69. The summed E-state index contributed by atoms with van der Waals surface area (Å²) in [6, 6.07) is 0. The molecule has 12 heavy (non-hydrogen) atoms. The smallest absolute Gasteiger partial charge is 0.147 e. The van der Waals surface area contributed by atoms with Crippen molar-refractivity contribution >= 4 is 12.4 Å². The zero-order valence-electron chi connectivity index (χ0n) is 8.62. The van der Waals surface area contributed by atoms with E-state index in [1.54, 1.807) is 9.45 Å². The molecule has 0 fully saturated rings. The molecule has 0 aromatic heterocycles. The summed E-state index contributed by atoms with van der Waals surface area (Å²) in [5, 5.41) is 0. The molecular weight excluding hydrogens is 203 g/mol. The minimum absolute atomic E-state index is 0. The van der Waals surface area contributed by atoms with Crippen LogP contribution in [0.3, 0.4) is 0 Å².